The Labute approximate surface area is 128 Å². The Morgan fingerprint density at radius 3 is 2.33 bits per heavy atom. The number of hydrogen-bond donors (Lipinski definition) is 0. The summed E-state index contributed by atoms with van der Waals surface area (Å²) in [6, 6.07) is 8.22. The van der Waals surface area contributed by atoms with Crippen LogP contribution >= 0.6 is 0 Å². The van der Waals surface area contributed by atoms with Crippen molar-refractivity contribution in [2.45, 2.75) is 33.2 Å². The zero-order valence-corrected chi connectivity index (χ0v) is 12.3. The number of methoxy groups -OCH3 is 2. The molecular weight excluding hydrogens is 266 g/mol. The van der Waals surface area contributed by atoms with Gasteiger partial charge in [0.25, 0.3) is 0 Å². The van der Waals surface area contributed by atoms with E-state index in [1.54, 1.807) is 7.11 Å². The maximum Gasteiger partial charge on any atom is 0.305 e. The van der Waals surface area contributed by atoms with E-state index in [1.165, 1.54) is 12.7 Å². The first-order chi connectivity index (χ1) is 9.71. The van der Waals surface area contributed by atoms with Gasteiger partial charge in [-0.05, 0) is 49.5 Å². The van der Waals surface area contributed by atoms with Crippen molar-refractivity contribution in [1.29, 1.82) is 0 Å². The van der Waals surface area contributed by atoms with Crippen molar-refractivity contribution < 1.29 is 14.3 Å². The van der Waals surface area contributed by atoms with Crippen LogP contribution in [-0.2, 0) is 16.1 Å². The molecule has 0 N–H and O–H groups in total. The summed E-state index contributed by atoms with van der Waals surface area (Å²) in [5.74, 6) is 1.29. The molecule has 4 heteroatoms. The molecule has 0 atom stereocenters. The molecule has 21 heavy (non-hydrogen) atoms. The lowest BCUT2D eigenvalue weighted by molar-refractivity contribution is -0.142. The second kappa shape index (κ2) is 8.67. The average molecular weight is 293 g/mol. The average Bonchev–Trinajstić information content (AvgIpc) is 2.50. The highest BCUT2D eigenvalue weighted by atomic mass is 16.5. The third-order valence-corrected chi connectivity index (χ3v) is 3.96. The van der Waals surface area contributed by atoms with Gasteiger partial charge < -0.3 is 9.47 Å². The predicted molar refractivity (Wildman–Crippen MR) is 84.4 cm³/mol. The zero-order valence-electron chi connectivity index (χ0n) is 12.3. The Morgan fingerprint density at radius 1 is 1.19 bits per heavy atom. The van der Waals surface area contributed by atoms with Crippen LogP contribution < -0.4 is 4.74 Å². The second-order valence-corrected chi connectivity index (χ2v) is 5.35. The molecule has 0 amide bonds. The van der Waals surface area contributed by atoms with Gasteiger partial charge in [0.2, 0.25) is 0 Å². The fourth-order valence-electron chi connectivity index (χ4n) is 2.66. The number of carbonyl (C=O) groups is 1. The molecule has 0 unspecified atom stereocenters. The first kappa shape index (κ1) is 17.5. The number of piperidine rings is 1. The standard InChI is InChI=1S/C16H23NO3.CH4/c1-19-15-5-3-14(4-6-15)12-17-9-7-13(8-10-17)11-16(18)20-2;/h3-6,13H,7-12H2,1-2H3;1H4. The van der Waals surface area contributed by atoms with Crippen LogP contribution in [0.2, 0.25) is 0 Å². The minimum atomic E-state index is -0.0846. The van der Waals surface area contributed by atoms with Gasteiger partial charge in [0.15, 0.2) is 0 Å². The van der Waals surface area contributed by atoms with Gasteiger partial charge >= 0.3 is 5.97 Å². The molecule has 0 aromatic heterocycles. The maximum absolute atomic E-state index is 11.3. The normalized spacial score (nSPS) is 16.1. The van der Waals surface area contributed by atoms with Crippen LogP contribution in [0.1, 0.15) is 32.3 Å². The van der Waals surface area contributed by atoms with E-state index in [4.69, 9.17) is 9.47 Å². The molecule has 4 nitrogen and oxygen atoms in total. The molecule has 1 aromatic carbocycles. The van der Waals surface area contributed by atoms with Crippen LogP contribution in [0.5, 0.6) is 5.75 Å². The van der Waals surface area contributed by atoms with E-state index in [2.05, 4.69) is 17.0 Å². The molecule has 2 rings (SSSR count). The summed E-state index contributed by atoms with van der Waals surface area (Å²) in [6.45, 7) is 3.07. The number of rotatable bonds is 5. The Kier molecular flexibility index (Phi) is 7.23. The molecule has 1 aliphatic rings. The van der Waals surface area contributed by atoms with E-state index >= 15 is 0 Å². The molecule has 1 fully saturated rings. The van der Waals surface area contributed by atoms with E-state index in [9.17, 15) is 4.79 Å². The molecular formula is C17H27NO3. The van der Waals surface area contributed by atoms with Crippen LogP contribution in [0.15, 0.2) is 24.3 Å². The Balaban J connectivity index is 0.00000220. The maximum atomic E-state index is 11.3. The molecule has 0 radical (unpaired) electrons. The second-order valence-electron chi connectivity index (χ2n) is 5.35. The molecule has 0 aliphatic carbocycles. The van der Waals surface area contributed by atoms with Crippen molar-refractivity contribution in [1.82, 2.24) is 4.90 Å². The lowest BCUT2D eigenvalue weighted by Crippen LogP contribution is -2.34. The van der Waals surface area contributed by atoms with Crippen LogP contribution in [0.4, 0.5) is 0 Å². The topological polar surface area (TPSA) is 38.8 Å². The van der Waals surface area contributed by atoms with E-state index in [0.717, 1.165) is 38.2 Å². The summed E-state index contributed by atoms with van der Waals surface area (Å²) in [5, 5.41) is 0. The Morgan fingerprint density at radius 2 is 1.81 bits per heavy atom. The minimum Gasteiger partial charge on any atom is -0.497 e. The smallest absolute Gasteiger partial charge is 0.305 e. The van der Waals surface area contributed by atoms with Gasteiger partial charge in [-0.3, -0.25) is 9.69 Å². The van der Waals surface area contributed by atoms with E-state index in [-0.39, 0.29) is 13.4 Å². The van der Waals surface area contributed by atoms with Crippen molar-refractivity contribution >= 4 is 5.97 Å². The Bertz CT molecular complexity index is 422. The number of ether oxygens (including phenoxy) is 2. The van der Waals surface area contributed by atoms with Crippen molar-refractivity contribution in [3.63, 3.8) is 0 Å². The van der Waals surface area contributed by atoms with Gasteiger partial charge in [-0.25, -0.2) is 0 Å². The van der Waals surface area contributed by atoms with Crippen LogP contribution in [-0.4, -0.2) is 38.2 Å². The van der Waals surface area contributed by atoms with Crippen molar-refractivity contribution in [3.8, 4) is 5.75 Å². The van der Waals surface area contributed by atoms with Crippen molar-refractivity contribution in [2.24, 2.45) is 5.92 Å². The van der Waals surface area contributed by atoms with Crippen LogP contribution in [0.25, 0.3) is 0 Å². The molecule has 118 valence electrons. The van der Waals surface area contributed by atoms with Gasteiger partial charge in [-0.2, -0.15) is 0 Å². The lowest BCUT2D eigenvalue weighted by Gasteiger charge is -2.31. The highest BCUT2D eigenvalue weighted by Gasteiger charge is 2.21. The SMILES string of the molecule is C.COC(=O)CC1CCN(Cc2ccc(OC)cc2)CC1. The highest BCUT2D eigenvalue weighted by Crippen LogP contribution is 2.22. The molecule has 0 bridgehead atoms. The fourth-order valence-corrected chi connectivity index (χ4v) is 2.66. The van der Waals surface area contributed by atoms with Crippen LogP contribution in [0.3, 0.4) is 0 Å². The fraction of sp³-hybridized carbons (Fsp3) is 0.588. The minimum absolute atomic E-state index is 0. The zero-order chi connectivity index (χ0) is 14.4. The van der Waals surface area contributed by atoms with Gasteiger partial charge in [-0.15, -0.1) is 0 Å². The molecule has 1 aliphatic heterocycles. The lowest BCUT2D eigenvalue weighted by atomic mass is 9.93. The molecule has 1 heterocycles. The van der Waals surface area contributed by atoms with Crippen molar-refractivity contribution in [3.05, 3.63) is 29.8 Å². The number of benzene rings is 1. The van der Waals surface area contributed by atoms with Gasteiger partial charge in [0.1, 0.15) is 5.75 Å². The molecule has 0 spiro atoms. The Hall–Kier alpha value is -1.55. The molecule has 0 saturated carbocycles. The summed E-state index contributed by atoms with van der Waals surface area (Å²) in [5.41, 5.74) is 1.30. The van der Waals surface area contributed by atoms with Gasteiger partial charge in [0.05, 0.1) is 14.2 Å². The van der Waals surface area contributed by atoms with Gasteiger partial charge in [-0.1, -0.05) is 19.6 Å². The quantitative estimate of drug-likeness (QED) is 0.782. The van der Waals surface area contributed by atoms with Crippen LogP contribution in [0, 0.1) is 5.92 Å². The number of nitrogens with zero attached hydrogens (tertiary/aromatic N) is 1. The van der Waals surface area contributed by atoms with Gasteiger partial charge in [0, 0.05) is 13.0 Å². The first-order valence-electron chi connectivity index (χ1n) is 7.13. The summed E-state index contributed by atoms with van der Waals surface area (Å²) in [6.07, 6.45) is 2.71. The first-order valence-corrected chi connectivity index (χ1v) is 7.13. The molecule has 1 saturated heterocycles. The predicted octanol–water partition coefficient (Wildman–Crippen LogP) is 3.11. The summed E-state index contributed by atoms with van der Waals surface area (Å²) in [4.78, 5) is 13.7. The van der Waals surface area contributed by atoms with E-state index in [1.807, 2.05) is 12.1 Å². The number of esters is 1. The summed E-state index contributed by atoms with van der Waals surface area (Å²) < 4.78 is 9.90. The number of likely N-dealkylation sites (tertiary alicyclic amines) is 1. The third kappa shape index (κ3) is 5.38. The highest BCUT2D eigenvalue weighted by molar-refractivity contribution is 5.69. The number of hydrogen-bond acceptors (Lipinski definition) is 4. The largest absolute Gasteiger partial charge is 0.497 e. The number of carbonyl (C=O) groups excluding carboxylic acids is 1. The van der Waals surface area contributed by atoms with E-state index in [0.29, 0.717) is 12.3 Å². The molecule has 1 aromatic rings. The van der Waals surface area contributed by atoms with Crippen molar-refractivity contribution in [2.75, 3.05) is 27.3 Å². The monoisotopic (exact) mass is 293 g/mol. The summed E-state index contributed by atoms with van der Waals surface area (Å²) >= 11 is 0. The van der Waals surface area contributed by atoms with E-state index < -0.39 is 0 Å². The third-order valence-electron chi connectivity index (χ3n) is 3.96. The summed E-state index contributed by atoms with van der Waals surface area (Å²) in [7, 11) is 3.14.